The number of hydrogen-bond acceptors (Lipinski definition) is 12. The van der Waals surface area contributed by atoms with E-state index in [2.05, 4.69) is 60.5 Å². The van der Waals surface area contributed by atoms with E-state index in [9.17, 15) is 0 Å². The van der Waals surface area contributed by atoms with Crippen LogP contribution in [0.25, 0.3) is 0 Å². The van der Waals surface area contributed by atoms with Crippen molar-refractivity contribution in [3.8, 4) is 0 Å². The van der Waals surface area contributed by atoms with Gasteiger partial charge in [0, 0.05) is 132 Å². The van der Waals surface area contributed by atoms with Gasteiger partial charge in [0.1, 0.15) is 0 Å². The second kappa shape index (κ2) is 24.5. The Morgan fingerprint density at radius 1 is 0.210 bits per heavy atom. The summed E-state index contributed by atoms with van der Waals surface area (Å²) in [4.78, 5) is 25.3. The lowest BCUT2D eigenvalue weighted by Gasteiger charge is -2.43. The fraction of sp³-hybridized carbons (Fsp3) is 1.00. The molecule has 16 fully saturated rings. The predicted octanol–water partition coefficient (Wildman–Crippen LogP) is 8.06. The van der Waals surface area contributed by atoms with Crippen LogP contribution in [0.1, 0.15) is 180 Å². The summed E-state index contributed by atoms with van der Waals surface area (Å²) in [5.41, 5.74) is 0.131. The molecule has 4 N–H and O–H groups in total. The van der Waals surface area contributed by atoms with Crippen LogP contribution in [0.3, 0.4) is 0 Å². The zero-order valence-corrected chi connectivity index (χ0v) is 51.6. The molecule has 8 saturated carbocycles. The lowest BCUT2D eigenvalue weighted by Crippen LogP contribution is -2.56. The van der Waals surface area contributed by atoms with Gasteiger partial charge in [0.15, 0.2) is 0 Å². The maximum atomic E-state index is 4.50. The van der Waals surface area contributed by atoms with E-state index < -0.39 is 0 Å². The average molecular weight is 1120 g/mol. The monoisotopic (exact) mass is 1120 g/mol. The Morgan fingerprint density at radius 2 is 0.370 bits per heavy atom. The van der Waals surface area contributed by atoms with E-state index in [1.54, 1.807) is 0 Å². The summed E-state index contributed by atoms with van der Waals surface area (Å²) in [6, 6.07) is 6.38. The maximum absolute atomic E-state index is 4.50. The van der Waals surface area contributed by atoms with Crippen LogP contribution in [0, 0.1) is 76.4 Å². The highest BCUT2D eigenvalue weighted by Gasteiger charge is 2.51. The summed E-state index contributed by atoms with van der Waals surface area (Å²) in [6.45, 7) is 25.5. The standard InChI is InChI=1S/C69H120N12/c1-2-10-62-61(9-1)74-33-53-17-49-19-55(25-53)35-76-46-78(64-12-4-3-11-63(64)76)37-57-21-51-23-59(27-57)39-80-48-81(68-16-8-7-15-67(68)80)40-60-24-52-22-58(28-60)38-79-47-77(65-13-5-6-14-66(65)79)36-56-20-50(18-54(26-56)34-75(62)45-74)30-71-42-69(41-70-29-49,43-72-31-51)44-73-32-52/h49-68,70-73H,1-48H2. The van der Waals surface area contributed by atoms with Crippen molar-refractivity contribution in [3.63, 3.8) is 0 Å². The van der Waals surface area contributed by atoms with E-state index in [4.69, 9.17) is 0 Å². The van der Waals surface area contributed by atoms with E-state index in [1.807, 2.05) is 0 Å². The molecule has 16 aliphatic rings. The molecular formula is C69H120N12. The maximum Gasteiger partial charge on any atom is 0.0513 e. The van der Waals surface area contributed by atoms with Gasteiger partial charge in [-0.05, 0) is 226 Å². The highest BCUT2D eigenvalue weighted by Crippen LogP contribution is 2.47. The second-order valence-corrected chi connectivity index (χ2v) is 33.7. The first-order valence-electron chi connectivity index (χ1n) is 36.7. The molecule has 0 aromatic heterocycles. The summed E-state index contributed by atoms with van der Waals surface area (Å²) in [5, 5.41) is 18.0. The Hall–Kier alpha value is -0.480. The van der Waals surface area contributed by atoms with E-state index in [-0.39, 0.29) is 5.41 Å². The Labute approximate surface area is 494 Å². The number of rotatable bonds is 0. The van der Waals surface area contributed by atoms with Gasteiger partial charge in [-0.15, -0.1) is 0 Å². The van der Waals surface area contributed by atoms with Gasteiger partial charge in [-0.3, -0.25) is 39.2 Å². The molecule has 0 aromatic carbocycles. The van der Waals surface area contributed by atoms with E-state index in [0.29, 0.717) is 0 Å². The van der Waals surface area contributed by atoms with Crippen LogP contribution in [0.4, 0.5) is 0 Å². The highest BCUT2D eigenvalue weighted by atomic mass is 15.4. The zero-order valence-electron chi connectivity index (χ0n) is 51.6. The molecule has 21 bridgehead atoms. The van der Waals surface area contributed by atoms with Gasteiger partial charge in [-0.2, -0.15) is 0 Å². The molecule has 24 atom stereocenters. The van der Waals surface area contributed by atoms with Crippen LogP contribution in [0.5, 0.6) is 0 Å². The van der Waals surface area contributed by atoms with Crippen molar-refractivity contribution < 1.29 is 0 Å². The smallest absolute Gasteiger partial charge is 0.0513 e. The Balaban J connectivity index is 0.780. The summed E-state index contributed by atoms with van der Waals surface area (Å²) in [5.74, 6) is 9.83. The van der Waals surface area contributed by atoms with E-state index in [0.717, 1.165) is 146 Å². The summed E-state index contributed by atoms with van der Waals surface area (Å²) >= 11 is 0. The molecular weight excluding hydrogens is 997 g/mol. The minimum Gasteiger partial charge on any atom is -0.316 e. The first-order chi connectivity index (χ1) is 39.9. The van der Waals surface area contributed by atoms with Crippen molar-refractivity contribution >= 4 is 0 Å². The van der Waals surface area contributed by atoms with Crippen LogP contribution < -0.4 is 21.3 Å². The molecule has 16 rings (SSSR count). The lowest BCUT2D eigenvalue weighted by molar-refractivity contribution is 0.0713. The van der Waals surface area contributed by atoms with Crippen LogP contribution in [0.2, 0.25) is 0 Å². The molecule has 12 heteroatoms. The van der Waals surface area contributed by atoms with Gasteiger partial charge >= 0.3 is 0 Å². The van der Waals surface area contributed by atoms with Crippen LogP contribution in [-0.2, 0) is 0 Å². The molecule has 0 amide bonds. The third-order valence-corrected chi connectivity index (χ3v) is 27.7. The highest BCUT2D eigenvalue weighted by molar-refractivity contribution is 5.05. The molecule has 0 aromatic rings. The zero-order chi connectivity index (χ0) is 53.4. The number of fused-ring (bicyclic) bond motifs is 36. The molecule has 81 heavy (non-hydrogen) atoms. The third kappa shape index (κ3) is 12.0. The first-order valence-corrected chi connectivity index (χ1v) is 36.7. The fourth-order valence-corrected chi connectivity index (χ4v) is 25.0. The quantitative estimate of drug-likeness (QED) is 0.190. The van der Waals surface area contributed by atoms with Crippen molar-refractivity contribution in [2.75, 3.05) is 131 Å². The fourth-order valence-electron chi connectivity index (χ4n) is 25.0. The van der Waals surface area contributed by atoms with Crippen molar-refractivity contribution in [2.24, 2.45) is 76.4 Å². The van der Waals surface area contributed by atoms with Gasteiger partial charge in [0.2, 0.25) is 0 Å². The van der Waals surface area contributed by atoms with Gasteiger partial charge in [0.05, 0.1) is 26.7 Å². The van der Waals surface area contributed by atoms with Gasteiger partial charge in [0.25, 0.3) is 0 Å². The minimum atomic E-state index is 0.131. The van der Waals surface area contributed by atoms with Crippen molar-refractivity contribution in [2.45, 2.75) is 228 Å². The normalized spacial score (nSPS) is 55.1. The lowest BCUT2D eigenvalue weighted by atomic mass is 9.74. The molecule has 8 aliphatic heterocycles. The largest absolute Gasteiger partial charge is 0.316 e. The van der Waals surface area contributed by atoms with Crippen LogP contribution >= 0.6 is 0 Å². The van der Waals surface area contributed by atoms with Gasteiger partial charge in [-0.25, -0.2) is 0 Å². The van der Waals surface area contributed by atoms with Crippen molar-refractivity contribution in [1.29, 1.82) is 0 Å². The van der Waals surface area contributed by atoms with Gasteiger partial charge < -0.3 is 21.3 Å². The summed E-state index contributed by atoms with van der Waals surface area (Å²) in [7, 11) is 0. The van der Waals surface area contributed by atoms with Gasteiger partial charge in [-0.1, -0.05) is 51.4 Å². The molecule has 8 aliphatic carbocycles. The SMILES string of the molecule is C1CCC2C(C1)N1CC3CC4CNCC56CNCC7CC(CC(C7)CN7CN(CC8CC(CNC5)CC(C8)CN5CN(CC8CC(CNC6)CC(C8)CN6CN(CC(C4)C3)C3CCCCC36)C3CCCCC35)C3CCCCC37)CN2C1. The topological polar surface area (TPSA) is 74.0 Å². The Kier molecular flexibility index (Phi) is 16.9. The van der Waals surface area contributed by atoms with Crippen molar-refractivity contribution in [3.05, 3.63) is 0 Å². The number of hydrogen-bond donors (Lipinski definition) is 4. The minimum absolute atomic E-state index is 0.131. The van der Waals surface area contributed by atoms with E-state index >= 15 is 0 Å². The predicted molar refractivity (Wildman–Crippen MR) is 328 cm³/mol. The molecule has 8 saturated heterocycles. The molecule has 0 radical (unpaired) electrons. The van der Waals surface area contributed by atoms with Crippen molar-refractivity contribution in [1.82, 2.24) is 60.5 Å². The molecule has 8 heterocycles. The Morgan fingerprint density at radius 3 is 0.543 bits per heavy atom. The van der Waals surface area contributed by atoms with Crippen LogP contribution in [-0.4, -0.2) is 219 Å². The number of nitrogens with one attached hydrogen (secondary N) is 4. The molecule has 12 nitrogen and oxygen atoms in total. The molecule has 456 valence electrons. The first kappa shape index (κ1) is 55.8. The Bertz CT molecular complexity index is 1680. The average Bonchev–Trinajstić information content (AvgIpc) is 4.31. The molecule has 1 spiro atoms. The second-order valence-electron chi connectivity index (χ2n) is 33.7. The summed E-state index contributed by atoms with van der Waals surface area (Å²) < 4.78 is 0. The molecule has 24 unspecified atom stereocenters. The number of nitrogens with zero attached hydrogens (tertiary/aromatic N) is 8. The van der Waals surface area contributed by atoms with E-state index in [1.165, 1.54) is 285 Å². The van der Waals surface area contributed by atoms with Crippen LogP contribution in [0.15, 0.2) is 0 Å². The third-order valence-electron chi connectivity index (χ3n) is 27.7. The summed E-state index contributed by atoms with van der Waals surface area (Å²) in [6.07, 6.45) is 40.8.